The number of fused-ring (bicyclic) bond motifs is 2. The fourth-order valence-corrected chi connectivity index (χ4v) is 3.56. The van der Waals surface area contributed by atoms with Crippen LogP contribution in [0.15, 0.2) is 0 Å². The summed E-state index contributed by atoms with van der Waals surface area (Å²) in [4.78, 5) is 0. The van der Waals surface area contributed by atoms with E-state index in [0.717, 1.165) is 18.1 Å². The maximum Gasteiger partial charge on any atom is 0.301 e. The molecule has 2 saturated heterocycles. The van der Waals surface area contributed by atoms with E-state index in [1.54, 1.807) is 0 Å². The molecule has 0 aliphatic carbocycles. The van der Waals surface area contributed by atoms with Crippen LogP contribution in [0.25, 0.3) is 0 Å². The first-order valence-corrected chi connectivity index (χ1v) is 8.18. The van der Waals surface area contributed by atoms with Crippen molar-refractivity contribution in [1.82, 2.24) is 0 Å². The Morgan fingerprint density at radius 1 is 1.11 bits per heavy atom. The van der Waals surface area contributed by atoms with Gasteiger partial charge in [-0.25, -0.2) is 0 Å². The van der Waals surface area contributed by atoms with Gasteiger partial charge >= 0.3 is 6.92 Å². The predicted octanol–water partition coefficient (Wildman–Crippen LogP) is 4.93. The second-order valence-corrected chi connectivity index (χ2v) is 7.40. The number of hydrogen-bond donors (Lipinski definition) is 0. The van der Waals surface area contributed by atoms with Crippen molar-refractivity contribution in [3.05, 3.63) is 0 Å². The van der Waals surface area contributed by atoms with Crippen molar-refractivity contribution < 1.29 is 4.65 Å². The molecule has 1 nitrogen and oxygen atoms in total. The zero-order chi connectivity index (χ0) is 13.9. The summed E-state index contributed by atoms with van der Waals surface area (Å²) in [5.74, 6) is 8.36. The van der Waals surface area contributed by atoms with Crippen molar-refractivity contribution in [1.29, 1.82) is 0 Å². The van der Waals surface area contributed by atoms with E-state index >= 15 is 0 Å². The van der Waals surface area contributed by atoms with Gasteiger partial charge in [-0.2, -0.15) is 0 Å². The molecule has 2 aliphatic heterocycles. The Morgan fingerprint density at radius 3 is 2.05 bits per heavy atom. The first kappa shape index (κ1) is 15.0. The van der Waals surface area contributed by atoms with Crippen LogP contribution in [0.3, 0.4) is 0 Å². The summed E-state index contributed by atoms with van der Waals surface area (Å²) in [7, 11) is 0. The third-order valence-electron chi connectivity index (χ3n) is 4.53. The van der Waals surface area contributed by atoms with Gasteiger partial charge in [0.2, 0.25) is 0 Å². The highest BCUT2D eigenvalue weighted by atomic mass is 16.4. The van der Waals surface area contributed by atoms with Gasteiger partial charge in [0.15, 0.2) is 0 Å². The molecule has 0 aromatic rings. The molecule has 0 N–H and O–H groups in total. The Labute approximate surface area is 120 Å². The van der Waals surface area contributed by atoms with Gasteiger partial charge in [0.05, 0.1) is 0 Å². The van der Waals surface area contributed by atoms with Crippen LogP contribution >= 0.6 is 0 Å². The molecule has 106 valence electrons. The Kier molecular flexibility index (Phi) is 5.01. The van der Waals surface area contributed by atoms with Gasteiger partial charge in [-0.1, -0.05) is 57.3 Å². The fraction of sp³-hybridized carbons (Fsp3) is 0.882. The van der Waals surface area contributed by atoms with Gasteiger partial charge in [-0.15, -0.1) is 0 Å². The largest absolute Gasteiger partial charge is 0.422 e. The van der Waals surface area contributed by atoms with Crippen LogP contribution in [-0.4, -0.2) is 13.0 Å². The van der Waals surface area contributed by atoms with Crippen molar-refractivity contribution in [3.8, 4) is 11.8 Å². The molecule has 0 saturated carbocycles. The van der Waals surface area contributed by atoms with E-state index in [9.17, 15) is 0 Å². The van der Waals surface area contributed by atoms with E-state index < -0.39 is 0 Å². The minimum absolute atomic E-state index is 0.0826. The lowest BCUT2D eigenvalue weighted by atomic mass is 9.38. The molecule has 0 spiro atoms. The zero-order valence-electron chi connectivity index (χ0n) is 13.2. The van der Waals surface area contributed by atoms with Crippen LogP contribution in [0.1, 0.15) is 72.6 Å². The summed E-state index contributed by atoms with van der Waals surface area (Å²) in [6.07, 6.45) is 9.51. The van der Waals surface area contributed by atoms with Crippen LogP contribution in [0, 0.1) is 17.3 Å². The first-order valence-electron chi connectivity index (χ1n) is 8.18. The summed E-state index contributed by atoms with van der Waals surface area (Å²) < 4.78 is 6.43. The maximum atomic E-state index is 6.43. The Balaban J connectivity index is 1.99. The second-order valence-electron chi connectivity index (χ2n) is 7.40. The topological polar surface area (TPSA) is 9.23 Å². The fourth-order valence-electron chi connectivity index (χ4n) is 3.56. The lowest BCUT2D eigenvalue weighted by molar-refractivity contribution is 0.219. The van der Waals surface area contributed by atoms with E-state index in [1.807, 2.05) is 0 Å². The molecule has 2 heteroatoms. The van der Waals surface area contributed by atoms with E-state index in [1.165, 1.54) is 38.5 Å². The minimum atomic E-state index is 0.0826. The second kappa shape index (κ2) is 6.36. The molecular formula is C17H29BO. The normalized spacial score (nSPS) is 28.5. The summed E-state index contributed by atoms with van der Waals surface area (Å²) in [6, 6.07) is 0. The van der Waals surface area contributed by atoms with Gasteiger partial charge in [-0.3, -0.25) is 0 Å². The molecule has 2 fully saturated rings. The van der Waals surface area contributed by atoms with Crippen LogP contribution in [0.5, 0.6) is 0 Å². The highest BCUT2D eigenvalue weighted by molar-refractivity contribution is 6.56. The lowest BCUT2D eigenvalue weighted by Crippen LogP contribution is -2.39. The molecule has 2 aliphatic rings. The molecule has 0 radical (unpaired) electrons. The van der Waals surface area contributed by atoms with Crippen molar-refractivity contribution in [3.63, 3.8) is 0 Å². The van der Waals surface area contributed by atoms with Gasteiger partial charge in [0.25, 0.3) is 0 Å². The average Bonchev–Trinajstić information content (AvgIpc) is 2.32. The standard InChI is InChI=1S/C17H29BO/c1-5-16(12-13-17(2,3)4)19-18-14-8-6-9-15(18)11-7-10-14/h14-16H,5-11H2,1-4H3. The summed E-state index contributed by atoms with van der Waals surface area (Å²) in [6.45, 7) is 9.20. The van der Waals surface area contributed by atoms with Crippen LogP contribution < -0.4 is 0 Å². The van der Waals surface area contributed by atoms with Crippen LogP contribution in [0.2, 0.25) is 11.6 Å². The van der Waals surface area contributed by atoms with E-state index in [0.29, 0.717) is 6.92 Å². The molecule has 2 heterocycles. The summed E-state index contributed by atoms with van der Waals surface area (Å²) in [5, 5.41) is 0. The smallest absolute Gasteiger partial charge is 0.301 e. The van der Waals surface area contributed by atoms with Crippen molar-refractivity contribution in [2.75, 3.05) is 0 Å². The predicted molar refractivity (Wildman–Crippen MR) is 83.4 cm³/mol. The number of rotatable bonds is 3. The molecule has 1 atom stereocenters. The van der Waals surface area contributed by atoms with E-state index in [4.69, 9.17) is 4.65 Å². The van der Waals surface area contributed by atoms with Crippen molar-refractivity contribution >= 4 is 6.92 Å². The van der Waals surface area contributed by atoms with Gasteiger partial charge in [-0.05, 0) is 38.8 Å². The Morgan fingerprint density at radius 2 is 1.63 bits per heavy atom. The highest BCUT2D eigenvalue weighted by Crippen LogP contribution is 2.47. The highest BCUT2D eigenvalue weighted by Gasteiger charge is 2.41. The SMILES string of the molecule is CCC(C#CC(C)(C)C)OB1C2CCCC1CCC2. The summed E-state index contributed by atoms with van der Waals surface area (Å²) >= 11 is 0. The molecule has 1 unspecified atom stereocenters. The van der Waals surface area contributed by atoms with Crippen LogP contribution in [0.4, 0.5) is 0 Å². The van der Waals surface area contributed by atoms with Crippen molar-refractivity contribution in [2.24, 2.45) is 5.41 Å². The quantitative estimate of drug-likeness (QED) is 0.516. The van der Waals surface area contributed by atoms with Gasteiger partial charge in [0, 0.05) is 5.41 Å². The number of hydrogen-bond acceptors (Lipinski definition) is 1. The van der Waals surface area contributed by atoms with E-state index in [2.05, 4.69) is 39.5 Å². The average molecular weight is 260 g/mol. The van der Waals surface area contributed by atoms with Gasteiger partial charge < -0.3 is 4.65 Å². The third kappa shape index (κ3) is 4.28. The molecule has 0 amide bonds. The maximum absolute atomic E-state index is 6.43. The van der Waals surface area contributed by atoms with Crippen LogP contribution in [-0.2, 0) is 4.65 Å². The monoisotopic (exact) mass is 260 g/mol. The zero-order valence-corrected chi connectivity index (χ0v) is 13.2. The molecule has 0 aromatic heterocycles. The molecule has 0 aromatic carbocycles. The third-order valence-corrected chi connectivity index (χ3v) is 4.53. The first-order chi connectivity index (χ1) is 8.99. The molecule has 2 rings (SSSR count). The minimum Gasteiger partial charge on any atom is -0.422 e. The van der Waals surface area contributed by atoms with Crippen molar-refractivity contribution in [2.45, 2.75) is 90.4 Å². The van der Waals surface area contributed by atoms with Gasteiger partial charge in [0.1, 0.15) is 6.10 Å². The molecule has 2 bridgehead atoms. The molecule has 19 heavy (non-hydrogen) atoms. The van der Waals surface area contributed by atoms with E-state index in [-0.39, 0.29) is 11.5 Å². The lowest BCUT2D eigenvalue weighted by Gasteiger charge is -2.40. The Hall–Kier alpha value is -0.415. The summed E-state index contributed by atoms with van der Waals surface area (Å²) in [5.41, 5.74) is 0.0826. The Bertz CT molecular complexity index is 324. The molecular weight excluding hydrogens is 231 g/mol.